The van der Waals surface area contributed by atoms with E-state index in [1.807, 2.05) is 42.5 Å². The summed E-state index contributed by atoms with van der Waals surface area (Å²) in [5.41, 5.74) is 7.20. The maximum Gasteiger partial charge on any atom is 0.164 e. The zero-order chi connectivity index (χ0) is 31.2. The maximum absolute atomic E-state index is 5.29. The summed E-state index contributed by atoms with van der Waals surface area (Å²) in [6.45, 7) is 0. The number of aromatic nitrogens is 4. The molecule has 0 unspecified atom stereocenters. The Morgan fingerprint density at radius 2 is 0.830 bits per heavy atom. The minimum absolute atomic E-state index is 0.623. The highest BCUT2D eigenvalue weighted by atomic mass is 32.1. The van der Waals surface area contributed by atoms with Crippen LogP contribution in [0.25, 0.3) is 87.6 Å². The van der Waals surface area contributed by atoms with Crippen LogP contribution in [0.1, 0.15) is 0 Å². The van der Waals surface area contributed by atoms with Crippen LogP contribution in [0.2, 0.25) is 0 Å². The Labute approximate surface area is 275 Å². The van der Waals surface area contributed by atoms with Gasteiger partial charge in [0.2, 0.25) is 0 Å². The summed E-state index contributed by atoms with van der Waals surface area (Å²) in [6, 6.07) is 54.4. The fraction of sp³-hybridized carbons (Fsp3) is 0. The number of hydrogen-bond acceptors (Lipinski definition) is 5. The molecule has 220 valence electrons. The molecule has 0 N–H and O–H groups in total. The van der Waals surface area contributed by atoms with Gasteiger partial charge in [0.05, 0.1) is 10.2 Å². The third kappa shape index (κ3) is 4.85. The summed E-state index contributed by atoms with van der Waals surface area (Å²) >= 11 is 1.73. The van der Waals surface area contributed by atoms with Gasteiger partial charge in [0, 0.05) is 33.0 Å². The molecular weight excluding hydrogens is 593 g/mol. The van der Waals surface area contributed by atoms with Crippen LogP contribution in [0, 0.1) is 0 Å². The summed E-state index contributed by atoms with van der Waals surface area (Å²) in [5, 5.41) is 5.56. The Hall–Kier alpha value is -6.04. The molecule has 9 rings (SSSR count). The number of hydrogen-bond donors (Lipinski definition) is 0. The Morgan fingerprint density at radius 3 is 1.51 bits per heavy atom. The second-order valence-electron chi connectivity index (χ2n) is 11.5. The molecule has 2 heterocycles. The smallest absolute Gasteiger partial charge is 0.164 e. The van der Waals surface area contributed by atoms with E-state index in [4.69, 9.17) is 19.9 Å². The van der Waals surface area contributed by atoms with Crippen molar-refractivity contribution in [3.05, 3.63) is 158 Å². The first-order valence-electron chi connectivity index (χ1n) is 15.6. The van der Waals surface area contributed by atoms with Crippen molar-refractivity contribution in [3.8, 4) is 55.9 Å². The molecule has 47 heavy (non-hydrogen) atoms. The molecule has 2 aromatic heterocycles. The van der Waals surface area contributed by atoms with Gasteiger partial charge in [-0.2, -0.15) is 0 Å². The number of rotatable bonds is 5. The van der Waals surface area contributed by atoms with Crippen molar-refractivity contribution in [2.75, 3.05) is 0 Å². The average Bonchev–Trinajstić information content (AvgIpc) is 3.62. The highest BCUT2D eigenvalue weighted by molar-refractivity contribution is 7.22. The first kappa shape index (κ1) is 27.3. The molecule has 7 aromatic carbocycles. The fourth-order valence-corrected chi connectivity index (χ4v) is 7.41. The molecule has 0 amide bonds. The zero-order valence-electron chi connectivity index (χ0n) is 25.2. The van der Waals surface area contributed by atoms with Gasteiger partial charge in [0.15, 0.2) is 17.5 Å². The summed E-state index contributed by atoms with van der Waals surface area (Å²) in [7, 11) is 0. The highest BCUT2D eigenvalue weighted by Gasteiger charge is 2.20. The van der Waals surface area contributed by atoms with Crippen LogP contribution < -0.4 is 0 Å². The lowest BCUT2D eigenvalue weighted by molar-refractivity contribution is 1.08. The molecular formula is C42H26N4S. The summed E-state index contributed by atoms with van der Waals surface area (Å²) < 4.78 is 1.16. The van der Waals surface area contributed by atoms with Crippen LogP contribution in [0.5, 0.6) is 0 Å². The third-order valence-electron chi connectivity index (χ3n) is 8.57. The first-order valence-corrected chi connectivity index (χ1v) is 16.4. The standard InChI is InChI=1S/C42H26N4S/c1-4-13-27(14-5-1)28-23-25-30(26-24-28)40-44-39(29-15-6-2-7-16-29)45-41(46-40)35-22-12-21-33-32-19-10-11-20-34(32)38-37(36(33)35)43-42(47-38)31-17-8-3-9-18-31/h1-26H. The van der Waals surface area contributed by atoms with Crippen LogP contribution in [-0.2, 0) is 0 Å². The van der Waals surface area contributed by atoms with Crippen molar-refractivity contribution in [1.82, 2.24) is 19.9 Å². The van der Waals surface area contributed by atoms with E-state index in [1.54, 1.807) is 11.3 Å². The van der Waals surface area contributed by atoms with Crippen molar-refractivity contribution < 1.29 is 0 Å². The van der Waals surface area contributed by atoms with Crippen molar-refractivity contribution >= 4 is 43.1 Å². The van der Waals surface area contributed by atoms with Crippen molar-refractivity contribution in [2.45, 2.75) is 0 Å². The van der Waals surface area contributed by atoms with Crippen LogP contribution in [-0.4, -0.2) is 19.9 Å². The monoisotopic (exact) mass is 618 g/mol. The van der Waals surface area contributed by atoms with Gasteiger partial charge in [-0.3, -0.25) is 0 Å². The second-order valence-corrected chi connectivity index (χ2v) is 12.5. The lowest BCUT2D eigenvalue weighted by Gasteiger charge is -2.12. The van der Waals surface area contributed by atoms with E-state index in [-0.39, 0.29) is 0 Å². The lowest BCUT2D eigenvalue weighted by atomic mass is 9.96. The van der Waals surface area contributed by atoms with Crippen molar-refractivity contribution in [2.24, 2.45) is 0 Å². The largest absolute Gasteiger partial charge is 0.235 e. The molecule has 0 bridgehead atoms. The topological polar surface area (TPSA) is 51.6 Å². The lowest BCUT2D eigenvalue weighted by Crippen LogP contribution is -2.01. The molecule has 0 fully saturated rings. The van der Waals surface area contributed by atoms with Gasteiger partial charge in [-0.05, 0) is 21.9 Å². The van der Waals surface area contributed by atoms with E-state index in [0.29, 0.717) is 17.5 Å². The van der Waals surface area contributed by atoms with Crippen molar-refractivity contribution in [3.63, 3.8) is 0 Å². The van der Waals surface area contributed by atoms with Crippen LogP contribution >= 0.6 is 11.3 Å². The summed E-state index contributed by atoms with van der Waals surface area (Å²) in [4.78, 5) is 20.6. The Morgan fingerprint density at radius 1 is 0.340 bits per heavy atom. The highest BCUT2D eigenvalue weighted by Crippen LogP contribution is 2.43. The zero-order valence-corrected chi connectivity index (χ0v) is 26.0. The minimum Gasteiger partial charge on any atom is -0.235 e. The summed E-state index contributed by atoms with van der Waals surface area (Å²) in [5.74, 6) is 1.89. The maximum atomic E-state index is 5.29. The quantitative estimate of drug-likeness (QED) is 0.180. The third-order valence-corrected chi connectivity index (χ3v) is 9.71. The molecule has 0 aliphatic rings. The number of benzene rings is 7. The van der Waals surface area contributed by atoms with E-state index >= 15 is 0 Å². The van der Waals surface area contributed by atoms with Gasteiger partial charge in [0.1, 0.15) is 5.01 Å². The normalized spacial score (nSPS) is 11.4. The van der Waals surface area contributed by atoms with Crippen molar-refractivity contribution in [1.29, 1.82) is 0 Å². The van der Waals surface area contributed by atoms with Gasteiger partial charge >= 0.3 is 0 Å². The van der Waals surface area contributed by atoms with Crippen LogP contribution in [0.4, 0.5) is 0 Å². The van der Waals surface area contributed by atoms with E-state index < -0.39 is 0 Å². The number of fused-ring (bicyclic) bond motifs is 6. The fourth-order valence-electron chi connectivity index (χ4n) is 6.29. The van der Waals surface area contributed by atoms with Gasteiger partial charge in [-0.15, -0.1) is 11.3 Å². The molecule has 0 atom stereocenters. The predicted octanol–water partition coefficient (Wildman–Crippen LogP) is 11.1. The average molecular weight is 619 g/mol. The number of thiazole rings is 1. The Balaban J connectivity index is 1.30. The summed E-state index contributed by atoms with van der Waals surface area (Å²) in [6.07, 6.45) is 0. The molecule has 0 aliphatic heterocycles. The van der Waals surface area contributed by atoms with E-state index in [2.05, 4.69) is 115 Å². The molecule has 0 radical (unpaired) electrons. The van der Waals surface area contributed by atoms with Gasteiger partial charge < -0.3 is 0 Å². The van der Waals surface area contributed by atoms with E-state index in [0.717, 1.165) is 53.8 Å². The second kappa shape index (κ2) is 11.4. The molecule has 0 saturated carbocycles. The van der Waals surface area contributed by atoms with E-state index in [1.165, 1.54) is 16.3 Å². The van der Waals surface area contributed by atoms with Crippen LogP contribution in [0.3, 0.4) is 0 Å². The SMILES string of the molecule is c1ccc(-c2ccc(-c3nc(-c4ccccc4)nc(-c4cccc5c6ccccc6c6sc(-c7ccccc7)nc6c45)n3)cc2)cc1. The Bertz CT molecular complexity index is 2540. The van der Waals surface area contributed by atoms with Gasteiger partial charge in [0.25, 0.3) is 0 Å². The van der Waals surface area contributed by atoms with Gasteiger partial charge in [-0.1, -0.05) is 158 Å². The van der Waals surface area contributed by atoms with E-state index in [9.17, 15) is 0 Å². The molecule has 0 saturated heterocycles. The molecule has 5 heteroatoms. The molecule has 9 aromatic rings. The minimum atomic E-state index is 0.623. The Kier molecular flexibility index (Phi) is 6.61. The molecule has 4 nitrogen and oxygen atoms in total. The van der Waals surface area contributed by atoms with Crippen LogP contribution in [0.15, 0.2) is 158 Å². The molecule has 0 aliphatic carbocycles. The predicted molar refractivity (Wildman–Crippen MR) is 195 cm³/mol. The van der Waals surface area contributed by atoms with Gasteiger partial charge in [-0.25, -0.2) is 19.9 Å². The number of nitrogens with zero attached hydrogens (tertiary/aromatic N) is 4. The first-order chi connectivity index (χ1) is 23.3. The molecule has 0 spiro atoms.